The predicted octanol–water partition coefficient (Wildman–Crippen LogP) is 4.58. The third kappa shape index (κ3) is 14.3. The van der Waals surface area contributed by atoms with Gasteiger partial charge in [0, 0.05) is 18.5 Å². The second kappa shape index (κ2) is 24.7. The molecule has 0 unspecified atom stereocenters. The topological polar surface area (TPSA) is 219 Å². The number of fused-ring (bicyclic) bond motifs is 2. The number of hydrogen-bond donors (Lipinski definition) is 7. The predicted molar refractivity (Wildman–Crippen MR) is 216 cm³/mol. The fraction of sp³-hybridized carbons (Fsp3) is 0.805. The number of anilines is 1. The summed E-state index contributed by atoms with van der Waals surface area (Å²) in [4.78, 5) is 24.6. The second-order valence-corrected chi connectivity index (χ2v) is 17.3. The van der Waals surface area contributed by atoms with Crippen molar-refractivity contribution in [2.75, 3.05) is 19.8 Å². The molecule has 0 aromatic heterocycles. The highest BCUT2D eigenvalue weighted by atomic mass is 32.2. The number of benzene rings is 1. The Hall–Kier alpha value is -2.21. The zero-order chi connectivity index (χ0) is 41.1. The SMILES string of the molecule is CCCCCCCCCCCCCCCCCC(=O)NS(=O)(=O)c1ccc(N)cc1.CCCC[C@@H]1CC(=O)[C@]2(O)O[C@@H]3[C@@H](NC)[C@@H](O)[C@@H](NC)[C@H](O)[C@H]3O[C@@H]2O1. The van der Waals surface area contributed by atoms with Crippen LogP contribution in [0.3, 0.4) is 0 Å². The van der Waals surface area contributed by atoms with Crippen molar-refractivity contribution in [1.82, 2.24) is 15.4 Å². The van der Waals surface area contributed by atoms with Crippen molar-refractivity contribution in [2.45, 2.75) is 202 Å². The molecule has 1 aliphatic carbocycles. The molecule has 0 spiro atoms. The van der Waals surface area contributed by atoms with Crippen molar-refractivity contribution in [1.29, 1.82) is 0 Å². The Morgan fingerprint density at radius 1 is 0.768 bits per heavy atom. The fourth-order valence-corrected chi connectivity index (χ4v) is 8.77. The summed E-state index contributed by atoms with van der Waals surface area (Å²) in [5.41, 5.74) is 6.04. The number of nitrogens with two attached hydrogens (primary N) is 1. The minimum atomic E-state index is -3.80. The minimum absolute atomic E-state index is 0.0439. The van der Waals surface area contributed by atoms with E-state index in [1.165, 1.54) is 101 Å². The van der Waals surface area contributed by atoms with E-state index >= 15 is 0 Å². The monoisotopic (exact) mass is 812 g/mol. The third-order valence-corrected chi connectivity index (χ3v) is 12.5. The van der Waals surface area contributed by atoms with Gasteiger partial charge in [0.05, 0.1) is 29.2 Å². The van der Waals surface area contributed by atoms with Crippen LogP contribution in [0.2, 0.25) is 0 Å². The first-order chi connectivity index (χ1) is 26.8. The Balaban J connectivity index is 0.000000303. The number of rotatable bonds is 23. The lowest BCUT2D eigenvalue weighted by Gasteiger charge is -2.55. The highest BCUT2D eigenvalue weighted by Gasteiger charge is 2.63. The molecule has 3 fully saturated rings. The summed E-state index contributed by atoms with van der Waals surface area (Å²) in [6, 6.07) is 4.52. The maximum atomic E-state index is 12.6. The molecular formula is C41H72N4O10S. The van der Waals surface area contributed by atoms with Gasteiger partial charge in [0.2, 0.25) is 12.2 Å². The van der Waals surface area contributed by atoms with Crippen molar-refractivity contribution < 1.29 is 47.5 Å². The summed E-state index contributed by atoms with van der Waals surface area (Å²) in [7, 11) is -0.538. The molecule has 0 bridgehead atoms. The number of ketones is 1. The standard InChI is InChI=1S/C24H42N2O3S.C17H30N2O7/c1-2-3-4-5-6-7-8-9-10-11-12-13-14-15-16-17-24(27)26-30(28,29)23-20-18-22(25)19-21-23;1-4-5-6-8-7-9(20)17(23)16(24-8)25-15-13(22)10(18-2)12(21)11(19-3)14(15)26-17/h18-21H,2-17,25H2,1H3,(H,26,27);8,10-16,18-19,21-23H,4-7H2,1-3H3/t;8-,10-,11+,12+,13+,14-,15-,16+,17+/m.1/s1. The van der Waals surface area contributed by atoms with Gasteiger partial charge in [-0.2, -0.15) is 0 Å². The lowest BCUT2D eigenvalue weighted by molar-refractivity contribution is -0.421. The zero-order valence-electron chi connectivity index (χ0n) is 34.3. The van der Waals surface area contributed by atoms with Crippen molar-refractivity contribution in [3.8, 4) is 0 Å². The molecule has 15 heteroatoms. The van der Waals surface area contributed by atoms with Crippen molar-refractivity contribution >= 4 is 27.4 Å². The van der Waals surface area contributed by atoms with Crippen LogP contribution in [0.1, 0.15) is 142 Å². The first-order valence-electron chi connectivity index (χ1n) is 21.2. The number of likely N-dealkylation sites (N-methyl/N-ethyl adjacent to an activating group) is 2. The van der Waals surface area contributed by atoms with Crippen LogP contribution in [-0.2, 0) is 33.8 Å². The number of carbonyl (C=O) groups excluding carboxylic acids is 2. The van der Waals surface area contributed by atoms with Gasteiger partial charge >= 0.3 is 0 Å². The van der Waals surface area contributed by atoms with Gasteiger partial charge in [-0.15, -0.1) is 0 Å². The number of nitrogens with one attached hydrogen (secondary N) is 3. The summed E-state index contributed by atoms with van der Waals surface area (Å²) >= 11 is 0. The molecule has 9 atom stereocenters. The van der Waals surface area contributed by atoms with Crippen LogP contribution in [0.15, 0.2) is 29.2 Å². The van der Waals surface area contributed by atoms with Crippen LogP contribution in [0.25, 0.3) is 0 Å². The lowest BCUT2D eigenvalue weighted by atomic mass is 9.80. The Kier molecular flexibility index (Phi) is 21.2. The number of unbranched alkanes of at least 4 members (excludes halogenated alkanes) is 15. The molecule has 1 amide bonds. The summed E-state index contributed by atoms with van der Waals surface area (Å²) < 4.78 is 43.8. The molecule has 56 heavy (non-hydrogen) atoms. The van der Waals surface area contributed by atoms with Gasteiger partial charge in [-0.25, -0.2) is 13.1 Å². The maximum Gasteiger partial charge on any atom is 0.280 e. The van der Waals surface area contributed by atoms with Crippen LogP contribution < -0.4 is 21.1 Å². The van der Waals surface area contributed by atoms with E-state index in [9.17, 15) is 33.3 Å². The summed E-state index contributed by atoms with van der Waals surface area (Å²) in [6.45, 7) is 4.30. The van der Waals surface area contributed by atoms with Crippen LogP contribution in [0.4, 0.5) is 5.69 Å². The molecule has 1 aromatic carbocycles. The number of ether oxygens (including phenoxy) is 3. The second-order valence-electron chi connectivity index (χ2n) is 15.6. The maximum absolute atomic E-state index is 12.6. The fourth-order valence-electron chi connectivity index (χ4n) is 7.76. The lowest BCUT2D eigenvalue weighted by Crippen LogP contribution is -2.77. The molecule has 14 nitrogen and oxygen atoms in total. The van der Waals surface area contributed by atoms with E-state index < -0.39 is 70.3 Å². The van der Waals surface area contributed by atoms with Crippen LogP contribution in [0.5, 0.6) is 0 Å². The van der Waals surface area contributed by atoms with Crippen molar-refractivity contribution in [2.24, 2.45) is 0 Å². The quantitative estimate of drug-likeness (QED) is 0.0596. The highest BCUT2D eigenvalue weighted by Crippen LogP contribution is 2.41. The average molecular weight is 813 g/mol. The highest BCUT2D eigenvalue weighted by molar-refractivity contribution is 7.90. The van der Waals surface area contributed by atoms with Crippen molar-refractivity contribution in [3.63, 3.8) is 0 Å². The van der Waals surface area contributed by atoms with E-state index in [-0.39, 0.29) is 23.8 Å². The molecule has 4 rings (SSSR count). The number of carbonyl (C=O) groups is 2. The van der Waals surface area contributed by atoms with Gasteiger partial charge in [0.1, 0.15) is 18.3 Å². The van der Waals surface area contributed by atoms with Crippen LogP contribution in [0, 0.1) is 0 Å². The average Bonchev–Trinajstić information content (AvgIpc) is 3.16. The van der Waals surface area contributed by atoms with E-state index in [0.717, 1.165) is 32.1 Å². The Morgan fingerprint density at radius 3 is 1.80 bits per heavy atom. The molecule has 322 valence electrons. The van der Waals surface area contributed by atoms with E-state index in [4.69, 9.17) is 19.9 Å². The normalized spacial score (nSPS) is 28.8. The molecule has 1 saturated carbocycles. The van der Waals surface area contributed by atoms with E-state index in [2.05, 4.69) is 22.3 Å². The number of hydrogen-bond acceptors (Lipinski definition) is 13. The molecular weight excluding hydrogens is 741 g/mol. The van der Waals surface area contributed by atoms with Crippen molar-refractivity contribution in [3.05, 3.63) is 24.3 Å². The minimum Gasteiger partial charge on any atom is -0.399 e. The number of aliphatic hydroxyl groups excluding tert-OH is 2. The molecule has 2 aliphatic heterocycles. The molecule has 8 N–H and O–H groups in total. The molecule has 2 heterocycles. The van der Waals surface area contributed by atoms with E-state index in [1.54, 1.807) is 14.1 Å². The smallest absolute Gasteiger partial charge is 0.280 e. The van der Waals surface area contributed by atoms with Gasteiger partial charge in [0.25, 0.3) is 15.8 Å². The summed E-state index contributed by atoms with van der Waals surface area (Å²) in [5, 5.41) is 37.8. The van der Waals surface area contributed by atoms with Gasteiger partial charge in [-0.1, -0.05) is 117 Å². The number of Topliss-reactive ketones (excluding diaryl/α,β-unsaturated/α-hetero) is 1. The Bertz CT molecular complexity index is 1400. The number of nitrogen functional groups attached to an aromatic ring is 1. The third-order valence-electron chi connectivity index (χ3n) is 11.2. The first-order valence-corrected chi connectivity index (χ1v) is 22.7. The number of amides is 1. The number of aliphatic hydroxyl groups is 3. The molecule has 3 aliphatic rings. The Labute approximate surface area is 335 Å². The van der Waals surface area contributed by atoms with E-state index in [0.29, 0.717) is 12.1 Å². The van der Waals surface area contributed by atoms with Gasteiger partial charge < -0.3 is 45.9 Å². The summed E-state index contributed by atoms with van der Waals surface area (Å²) in [6.07, 6.45) is 16.2. The first kappa shape index (κ1) is 48.2. The van der Waals surface area contributed by atoms with Gasteiger partial charge in [-0.3, -0.25) is 9.59 Å². The zero-order valence-corrected chi connectivity index (χ0v) is 35.1. The van der Waals surface area contributed by atoms with Crippen LogP contribution >= 0.6 is 0 Å². The molecule has 2 saturated heterocycles. The number of sulfonamides is 1. The van der Waals surface area contributed by atoms with Gasteiger partial charge in [-0.05, 0) is 51.2 Å². The molecule has 1 aromatic rings. The van der Waals surface area contributed by atoms with Gasteiger partial charge in [0.15, 0.2) is 5.78 Å². The summed E-state index contributed by atoms with van der Waals surface area (Å²) in [5.74, 6) is -3.17. The van der Waals surface area contributed by atoms with Crippen LogP contribution in [-0.4, -0.2) is 104 Å². The van der Waals surface area contributed by atoms with E-state index in [1.807, 2.05) is 6.92 Å². The largest absolute Gasteiger partial charge is 0.399 e. The molecule has 0 radical (unpaired) electrons. The Morgan fingerprint density at radius 2 is 1.29 bits per heavy atom.